The maximum absolute atomic E-state index is 12.5. The molecule has 1 saturated heterocycles. The van der Waals surface area contributed by atoms with E-state index in [4.69, 9.17) is 9.15 Å². The molecule has 0 bridgehead atoms. The van der Waals surface area contributed by atoms with E-state index in [0.29, 0.717) is 36.7 Å². The smallest absolute Gasteiger partial charge is 0.322 e. The van der Waals surface area contributed by atoms with Gasteiger partial charge >= 0.3 is 6.03 Å². The van der Waals surface area contributed by atoms with E-state index < -0.39 is 4.92 Å². The lowest BCUT2D eigenvalue weighted by atomic mass is 10.2. The monoisotopic (exact) mass is 345 g/mol. The largest absolute Gasteiger partial charge is 0.464 e. The zero-order valence-electron chi connectivity index (χ0n) is 14.0. The van der Waals surface area contributed by atoms with Crippen LogP contribution in [0.5, 0.6) is 0 Å². The highest BCUT2D eigenvalue weighted by molar-refractivity contribution is 5.89. The van der Waals surface area contributed by atoms with Crippen molar-refractivity contribution in [3.63, 3.8) is 0 Å². The van der Waals surface area contributed by atoms with Gasteiger partial charge in [0.15, 0.2) is 0 Å². The lowest BCUT2D eigenvalue weighted by molar-refractivity contribution is -0.385. The van der Waals surface area contributed by atoms with E-state index >= 15 is 0 Å². The zero-order chi connectivity index (χ0) is 18.0. The molecule has 0 aliphatic carbocycles. The van der Waals surface area contributed by atoms with Crippen LogP contribution in [0.3, 0.4) is 0 Å². The minimum atomic E-state index is -0.446. The second-order valence-electron chi connectivity index (χ2n) is 5.94. The Hall–Kier alpha value is -2.87. The molecule has 25 heavy (non-hydrogen) atoms. The van der Waals surface area contributed by atoms with Crippen LogP contribution in [0.25, 0.3) is 0 Å². The van der Waals surface area contributed by atoms with Crippen molar-refractivity contribution in [3.05, 3.63) is 57.5 Å². The summed E-state index contributed by atoms with van der Waals surface area (Å²) in [6.45, 7) is 4.75. The summed E-state index contributed by atoms with van der Waals surface area (Å²) in [6, 6.07) is 7.93. The van der Waals surface area contributed by atoms with Gasteiger partial charge in [0.25, 0.3) is 5.69 Å². The maximum atomic E-state index is 12.5. The third-order valence-electron chi connectivity index (χ3n) is 4.08. The average Bonchev–Trinajstić information content (AvgIpc) is 3.01. The van der Waals surface area contributed by atoms with Crippen LogP contribution in [0.4, 0.5) is 16.2 Å². The minimum absolute atomic E-state index is 0.0256. The molecule has 3 rings (SSSR count). The second-order valence-corrected chi connectivity index (χ2v) is 5.94. The number of hydrogen-bond acceptors (Lipinski definition) is 5. The van der Waals surface area contributed by atoms with Crippen molar-refractivity contribution in [2.75, 3.05) is 25.0 Å². The molecule has 8 heteroatoms. The first-order valence-corrected chi connectivity index (χ1v) is 7.93. The Morgan fingerprint density at radius 2 is 2.12 bits per heavy atom. The van der Waals surface area contributed by atoms with Crippen molar-refractivity contribution in [1.29, 1.82) is 0 Å². The topological polar surface area (TPSA) is 97.9 Å². The summed E-state index contributed by atoms with van der Waals surface area (Å²) in [5.74, 6) is 1.49. The molecule has 0 saturated carbocycles. The SMILES string of the molecule is Cc1ccc([C@H]2CN(C(=O)Nc3ccc([N+](=O)[O-])c(C)c3)CCO2)o1. The Balaban J connectivity index is 1.66. The van der Waals surface area contributed by atoms with Crippen molar-refractivity contribution >= 4 is 17.4 Å². The number of carbonyl (C=O) groups is 1. The number of urea groups is 1. The second kappa shape index (κ2) is 6.94. The molecule has 132 valence electrons. The number of ether oxygens (including phenoxy) is 1. The number of nitro benzene ring substituents is 1. The minimum Gasteiger partial charge on any atom is -0.464 e. The summed E-state index contributed by atoms with van der Waals surface area (Å²) in [4.78, 5) is 24.5. The molecular formula is C17H19N3O5. The predicted molar refractivity (Wildman–Crippen MR) is 90.6 cm³/mol. The number of hydrogen-bond donors (Lipinski definition) is 1. The predicted octanol–water partition coefficient (Wildman–Crippen LogP) is 3.41. The third-order valence-corrected chi connectivity index (χ3v) is 4.08. The maximum Gasteiger partial charge on any atom is 0.322 e. The quantitative estimate of drug-likeness (QED) is 0.679. The van der Waals surface area contributed by atoms with E-state index in [1.165, 1.54) is 12.1 Å². The van der Waals surface area contributed by atoms with Crippen molar-refractivity contribution in [3.8, 4) is 0 Å². The molecule has 1 fully saturated rings. The van der Waals surface area contributed by atoms with Crippen LogP contribution in [-0.4, -0.2) is 35.6 Å². The van der Waals surface area contributed by atoms with E-state index in [1.54, 1.807) is 17.9 Å². The van der Waals surface area contributed by atoms with Gasteiger partial charge in [0, 0.05) is 23.9 Å². The zero-order valence-corrected chi connectivity index (χ0v) is 14.0. The van der Waals surface area contributed by atoms with Gasteiger partial charge < -0.3 is 19.4 Å². The van der Waals surface area contributed by atoms with E-state index in [9.17, 15) is 14.9 Å². The molecule has 1 atom stereocenters. The molecule has 0 unspecified atom stereocenters. The van der Waals surface area contributed by atoms with Gasteiger partial charge in [-0.15, -0.1) is 0 Å². The van der Waals surface area contributed by atoms with Crippen molar-refractivity contribution in [1.82, 2.24) is 4.90 Å². The van der Waals surface area contributed by atoms with Crippen LogP contribution in [-0.2, 0) is 4.74 Å². The summed E-state index contributed by atoms with van der Waals surface area (Å²) in [7, 11) is 0. The lowest BCUT2D eigenvalue weighted by Gasteiger charge is -2.32. The number of aryl methyl sites for hydroxylation is 2. The number of nitrogens with zero attached hydrogens (tertiary/aromatic N) is 2. The molecule has 2 aromatic rings. The third kappa shape index (κ3) is 3.80. The van der Waals surface area contributed by atoms with Crippen LogP contribution >= 0.6 is 0 Å². The van der Waals surface area contributed by atoms with Gasteiger partial charge in [-0.1, -0.05) is 0 Å². The number of benzene rings is 1. The first kappa shape index (κ1) is 17.0. The van der Waals surface area contributed by atoms with E-state index in [2.05, 4.69) is 5.32 Å². The Morgan fingerprint density at radius 3 is 2.76 bits per heavy atom. The first-order chi connectivity index (χ1) is 11.9. The molecule has 0 spiro atoms. The van der Waals surface area contributed by atoms with Crippen LogP contribution in [0.1, 0.15) is 23.2 Å². The van der Waals surface area contributed by atoms with E-state index in [1.807, 2.05) is 19.1 Å². The molecule has 2 heterocycles. The highest BCUT2D eigenvalue weighted by atomic mass is 16.6. The van der Waals surface area contributed by atoms with Crippen molar-refractivity contribution < 1.29 is 18.9 Å². The summed E-state index contributed by atoms with van der Waals surface area (Å²) in [6.07, 6.45) is -0.299. The molecule has 1 aromatic heterocycles. The van der Waals surface area contributed by atoms with Gasteiger partial charge in [0.1, 0.15) is 17.6 Å². The van der Waals surface area contributed by atoms with Gasteiger partial charge in [-0.2, -0.15) is 0 Å². The van der Waals surface area contributed by atoms with E-state index in [0.717, 1.165) is 5.76 Å². The van der Waals surface area contributed by atoms with Crippen molar-refractivity contribution in [2.24, 2.45) is 0 Å². The number of nitrogens with one attached hydrogen (secondary N) is 1. The van der Waals surface area contributed by atoms with Gasteiger partial charge in [0.05, 0.1) is 18.1 Å². The van der Waals surface area contributed by atoms with Crippen molar-refractivity contribution in [2.45, 2.75) is 20.0 Å². The fourth-order valence-electron chi connectivity index (χ4n) is 2.77. The first-order valence-electron chi connectivity index (χ1n) is 7.93. The number of rotatable bonds is 3. The average molecular weight is 345 g/mol. The molecule has 1 aliphatic heterocycles. The van der Waals surface area contributed by atoms with Crippen LogP contribution < -0.4 is 5.32 Å². The Morgan fingerprint density at radius 1 is 1.32 bits per heavy atom. The Bertz CT molecular complexity index is 801. The molecule has 1 N–H and O–H groups in total. The molecule has 1 aliphatic rings. The standard InChI is InChI=1S/C17H19N3O5/c1-11-9-13(4-5-14(11)20(22)23)18-17(21)19-7-8-24-16(10-19)15-6-3-12(2)25-15/h3-6,9,16H,7-8,10H2,1-2H3,(H,18,21)/t16-/m1/s1. The molecule has 0 radical (unpaired) electrons. The molecule has 1 aromatic carbocycles. The van der Waals surface area contributed by atoms with Gasteiger partial charge in [0.2, 0.25) is 0 Å². The summed E-state index contributed by atoms with van der Waals surface area (Å²) in [5, 5.41) is 13.6. The number of nitro groups is 1. The number of carbonyl (C=O) groups excluding carboxylic acids is 1. The fourth-order valence-corrected chi connectivity index (χ4v) is 2.77. The molecule has 8 nitrogen and oxygen atoms in total. The summed E-state index contributed by atoms with van der Waals surface area (Å²) < 4.78 is 11.3. The fraction of sp³-hybridized carbons (Fsp3) is 0.353. The molecule has 2 amide bonds. The highest BCUT2D eigenvalue weighted by Gasteiger charge is 2.27. The van der Waals surface area contributed by atoms with Crippen LogP contribution in [0, 0.1) is 24.0 Å². The number of anilines is 1. The van der Waals surface area contributed by atoms with Crippen LogP contribution in [0.15, 0.2) is 34.7 Å². The van der Waals surface area contributed by atoms with Gasteiger partial charge in [-0.25, -0.2) is 4.79 Å². The number of furan rings is 1. The number of morpholine rings is 1. The lowest BCUT2D eigenvalue weighted by Crippen LogP contribution is -2.44. The summed E-state index contributed by atoms with van der Waals surface area (Å²) in [5.41, 5.74) is 1.04. The Kier molecular flexibility index (Phi) is 4.71. The molecular weight excluding hydrogens is 326 g/mol. The van der Waals surface area contributed by atoms with Crippen LogP contribution in [0.2, 0.25) is 0 Å². The number of amides is 2. The normalized spacial score (nSPS) is 17.4. The van der Waals surface area contributed by atoms with E-state index in [-0.39, 0.29) is 17.8 Å². The Labute approximate surface area is 144 Å². The highest BCUT2D eigenvalue weighted by Crippen LogP contribution is 2.25. The summed E-state index contributed by atoms with van der Waals surface area (Å²) >= 11 is 0. The van der Waals surface area contributed by atoms with Gasteiger partial charge in [-0.3, -0.25) is 10.1 Å². The van der Waals surface area contributed by atoms with Gasteiger partial charge in [-0.05, 0) is 38.1 Å².